The Morgan fingerprint density at radius 3 is 2.45 bits per heavy atom. The van der Waals surface area contributed by atoms with Gasteiger partial charge in [0.05, 0.1) is 24.0 Å². The van der Waals surface area contributed by atoms with Gasteiger partial charge in [-0.1, -0.05) is 23.5 Å². The predicted octanol–water partition coefficient (Wildman–Crippen LogP) is 1.09. The highest BCUT2D eigenvalue weighted by Crippen LogP contribution is 2.25. The first-order valence-electron chi connectivity index (χ1n) is 9.64. The molecule has 2 rings (SSSR count). The average molecular weight is 497 g/mol. The quantitative estimate of drug-likeness (QED) is 0.175. The van der Waals surface area contributed by atoms with E-state index in [9.17, 15) is 22.8 Å². The van der Waals surface area contributed by atoms with Crippen LogP contribution in [0.4, 0.5) is 15.6 Å². The van der Waals surface area contributed by atoms with Crippen LogP contribution in [0.5, 0.6) is 0 Å². The minimum atomic E-state index is -3.35. The monoisotopic (exact) mass is 496 g/mol. The van der Waals surface area contributed by atoms with Crippen molar-refractivity contribution in [3.63, 3.8) is 0 Å². The molecule has 0 saturated heterocycles. The van der Waals surface area contributed by atoms with Gasteiger partial charge in [-0.15, -0.1) is 0 Å². The Morgan fingerprint density at radius 1 is 1.15 bits per heavy atom. The number of anilines is 1. The molecule has 12 nitrogen and oxygen atoms in total. The van der Waals surface area contributed by atoms with E-state index in [0.29, 0.717) is 34.2 Å². The molecule has 0 aliphatic rings. The SMILES string of the molecule is CC(=O)Nc1nc(CCc2ccc(N=CNC(=O)O)cc2)c(C(=O)NCCNS(C)(=O)=O)s1. The lowest BCUT2D eigenvalue weighted by molar-refractivity contribution is -0.114. The number of thiazole rings is 1. The van der Waals surface area contributed by atoms with Gasteiger partial charge in [0, 0.05) is 20.0 Å². The Bertz CT molecular complexity index is 1130. The highest BCUT2D eigenvalue weighted by molar-refractivity contribution is 7.88. The van der Waals surface area contributed by atoms with Crippen molar-refractivity contribution in [2.45, 2.75) is 19.8 Å². The highest BCUT2D eigenvalue weighted by atomic mass is 32.2. The summed E-state index contributed by atoms with van der Waals surface area (Å²) in [4.78, 5) is 43.0. The van der Waals surface area contributed by atoms with E-state index in [4.69, 9.17) is 5.11 Å². The van der Waals surface area contributed by atoms with E-state index >= 15 is 0 Å². The van der Waals surface area contributed by atoms with Crippen LogP contribution in [0.2, 0.25) is 0 Å². The van der Waals surface area contributed by atoms with E-state index in [0.717, 1.165) is 29.5 Å². The number of nitrogens with one attached hydrogen (secondary N) is 4. The number of sulfonamides is 1. The summed E-state index contributed by atoms with van der Waals surface area (Å²) in [5.74, 6) is -0.724. The zero-order valence-electron chi connectivity index (χ0n) is 17.9. The number of carbonyl (C=O) groups is 3. The Labute approximate surface area is 194 Å². The number of aliphatic imine (C=N–C) groups is 1. The summed E-state index contributed by atoms with van der Waals surface area (Å²) in [5.41, 5.74) is 2.01. The Kier molecular flexibility index (Phi) is 9.44. The molecule has 178 valence electrons. The van der Waals surface area contributed by atoms with Crippen LogP contribution in [0, 0.1) is 0 Å². The number of nitrogens with zero attached hydrogens (tertiary/aromatic N) is 2. The minimum Gasteiger partial charge on any atom is -0.465 e. The van der Waals surface area contributed by atoms with Crippen molar-refractivity contribution in [2.24, 2.45) is 4.99 Å². The number of hydrogen-bond acceptors (Lipinski definition) is 8. The molecule has 33 heavy (non-hydrogen) atoms. The van der Waals surface area contributed by atoms with Gasteiger partial charge in [0.2, 0.25) is 15.9 Å². The molecule has 2 aromatic rings. The first-order chi connectivity index (χ1) is 15.5. The van der Waals surface area contributed by atoms with Crippen LogP contribution < -0.4 is 20.7 Å². The molecular formula is C19H24N6O6S2. The average Bonchev–Trinajstić information content (AvgIpc) is 3.11. The fraction of sp³-hybridized carbons (Fsp3) is 0.316. The topological polar surface area (TPSA) is 179 Å². The number of carbonyl (C=O) groups excluding carboxylic acids is 2. The Balaban J connectivity index is 2.04. The number of amides is 3. The number of carboxylic acid groups (broad SMARTS) is 1. The molecule has 14 heteroatoms. The van der Waals surface area contributed by atoms with Gasteiger partial charge in [0.1, 0.15) is 4.88 Å². The molecule has 0 unspecified atom stereocenters. The molecule has 0 atom stereocenters. The summed E-state index contributed by atoms with van der Waals surface area (Å²) < 4.78 is 24.5. The maximum Gasteiger partial charge on any atom is 0.409 e. The molecular weight excluding hydrogens is 472 g/mol. The molecule has 0 fully saturated rings. The van der Waals surface area contributed by atoms with Gasteiger partial charge in [-0.25, -0.2) is 27.9 Å². The largest absolute Gasteiger partial charge is 0.465 e. The molecule has 0 bridgehead atoms. The van der Waals surface area contributed by atoms with Crippen molar-refractivity contribution in [2.75, 3.05) is 24.7 Å². The predicted molar refractivity (Wildman–Crippen MR) is 125 cm³/mol. The molecule has 0 radical (unpaired) electrons. The van der Waals surface area contributed by atoms with Gasteiger partial charge in [-0.2, -0.15) is 0 Å². The van der Waals surface area contributed by atoms with Gasteiger partial charge in [-0.05, 0) is 30.5 Å². The molecule has 1 heterocycles. The third kappa shape index (κ3) is 9.76. The van der Waals surface area contributed by atoms with E-state index in [2.05, 4.69) is 25.3 Å². The Morgan fingerprint density at radius 2 is 1.85 bits per heavy atom. The van der Waals surface area contributed by atoms with Gasteiger partial charge in [-0.3, -0.25) is 14.9 Å². The lowest BCUT2D eigenvalue weighted by Gasteiger charge is -2.06. The maximum absolute atomic E-state index is 12.6. The first kappa shape index (κ1) is 25.9. The highest BCUT2D eigenvalue weighted by Gasteiger charge is 2.18. The molecule has 5 N–H and O–H groups in total. The molecule has 0 aliphatic carbocycles. The summed E-state index contributed by atoms with van der Waals surface area (Å²) in [6.07, 6.45) is 1.87. The molecule has 0 spiro atoms. The lowest BCUT2D eigenvalue weighted by atomic mass is 10.1. The molecule has 0 aliphatic heterocycles. The van der Waals surface area contributed by atoms with E-state index in [1.54, 1.807) is 12.1 Å². The van der Waals surface area contributed by atoms with Gasteiger partial charge in [0.25, 0.3) is 5.91 Å². The van der Waals surface area contributed by atoms with E-state index < -0.39 is 22.0 Å². The summed E-state index contributed by atoms with van der Waals surface area (Å²) >= 11 is 1.04. The summed E-state index contributed by atoms with van der Waals surface area (Å²) in [6, 6.07) is 7.10. The lowest BCUT2D eigenvalue weighted by Crippen LogP contribution is -2.34. The van der Waals surface area contributed by atoms with Crippen LogP contribution in [0.15, 0.2) is 29.3 Å². The zero-order chi connectivity index (χ0) is 24.4. The van der Waals surface area contributed by atoms with Crippen molar-refractivity contribution >= 4 is 56.4 Å². The van der Waals surface area contributed by atoms with Crippen LogP contribution in [-0.4, -0.2) is 62.1 Å². The second-order valence-electron chi connectivity index (χ2n) is 6.77. The summed E-state index contributed by atoms with van der Waals surface area (Å²) in [7, 11) is -3.35. The molecule has 1 aromatic carbocycles. The third-order valence-electron chi connectivity index (χ3n) is 3.95. The number of aryl methyl sites for hydroxylation is 2. The van der Waals surface area contributed by atoms with Crippen molar-refractivity contribution in [3.8, 4) is 0 Å². The molecule has 1 aromatic heterocycles. The smallest absolute Gasteiger partial charge is 0.409 e. The number of hydrogen-bond donors (Lipinski definition) is 5. The van der Waals surface area contributed by atoms with Crippen molar-refractivity contribution in [3.05, 3.63) is 40.4 Å². The number of benzene rings is 1. The standard InChI is InChI=1S/C19H24N6O6S2/c1-12(26)24-18-25-15(16(32-18)17(27)20-9-10-23-33(2,30)31)8-5-13-3-6-14(7-4-13)21-11-22-19(28)29/h3-4,6-7,11,23H,5,8-10H2,1-2H3,(H,20,27)(H,21,22)(H,28,29)(H,24,25,26). The maximum atomic E-state index is 12.6. The number of rotatable bonds is 11. The first-order valence-corrected chi connectivity index (χ1v) is 12.4. The normalized spacial score (nSPS) is 11.3. The summed E-state index contributed by atoms with van der Waals surface area (Å²) in [6.45, 7) is 1.49. The third-order valence-corrected chi connectivity index (χ3v) is 5.69. The Hall–Kier alpha value is -3.36. The van der Waals surface area contributed by atoms with Crippen molar-refractivity contribution < 1.29 is 27.9 Å². The van der Waals surface area contributed by atoms with Gasteiger partial charge in [0.15, 0.2) is 5.13 Å². The van der Waals surface area contributed by atoms with Gasteiger partial charge < -0.3 is 15.7 Å². The second kappa shape index (κ2) is 12.0. The number of aromatic nitrogens is 1. The minimum absolute atomic E-state index is 0.0497. The van der Waals surface area contributed by atoms with Crippen LogP contribution in [0.1, 0.15) is 27.9 Å². The van der Waals surface area contributed by atoms with Crippen LogP contribution in [0.25, 0.3) is 0 Å². The van der Waals surface area contributed by atoms with E-state index in [1.807, 2.05) is 17.4 Å². The zero-order valence-corrected chi connectivity index (χ0v) is 19.5. The van der Waals surface area contributed by atoms with Crippen molar-refractivity contribution in [1.29, 1.82) is 0 Å². The second-order valence-corrected chi connectivity index (χ2v) is 9.60. The van der Waals surface area contributed by atoms with Crippen LogP contribution in [-0.2, 0) is 27.7 Å². The fourth-order valence-corrected chi connectivity index (χ4v) is 4.02. The van der Waals surface area contributed by atoms with E-state index in [1.165, 1.54) is 6.92 Å². The molecule has 0 saturated carbocycles. The summed E-state index contributed by atoms with van der Waals surface area (Å²) in [5, 5.41) is 16.1. The van der Waals surface area contributed by atoms with Gasteiger partial charge >= 0.3 is 6.09 Å². The fourth-order valence-electron chi connectivity index (χ4n) is 2.57. The molecule has 3 amide bonds. The van der Waals surface area contributed by atoms with Crippen molar-refractivity contribution in [1.82, 2.24) is 20.3 Å². The van der Waals surface area contributed by atoms with Crippen LogP contribution in [0.3, 0.4) is 0 Å². The van der Waals surface area contributed by atoms with Crippen LogP contribution >= 0.6 is 11.3 Å². The van der Waals surface area contributed by atoms with E-state index in [-0.39, 0.29) is 19.0 Å².